The minimum absolute atomic E-state index is 0.0606. The van der Waals surface area contributed by atoms with Crippen molar-refractivity contribution in [3.8, 4) is 11.5 Å². The SMILES string of the molecule is CC.Cc1[nH+]ccc2c(O)c(O)ccc12. The molecule has 0 radical (unpaired) electrons. The fourth-order valence-corrected chi connectivity index (χ4v) is 1.42. The summed E-state index contributed by atoms with van der Waals surface area (Å²) in [6.07, 6.45) is 1.73. The van der Waals surface area contributed by atoms with Crippen LogP contribution < -0.4 is 4.98 Å². The Morgan fingerprint density at radius 3 is 2.33 bits per heavy atom. The second-order valence-electron chi connectivity index (χ2n) is 3.00. The molecule has 0 fully saturated rings. The lowest BCUT2D eigenvalue weighted by atomic mass is 10.1. The van der Waals surface area contributed by atoms with Crippen LogP contribution in [-0.2, 0) is 0 Å². The number of aromatic amines is 1. The Kier molecular flexibility index (Phi) is 3.50. The van der Waals surface area contributed by atoms with Crippen molar-refractivity contribution in [2.75, 3.05) is 0 Å². The van der Waals surface area contributed by atoms with Crippen molar-refractivity contribution in [1.82, 2.24) is 0 Å². The molecule has 0 aliphatic heterocycles. The van der Waals surface area contributed by atoms with Crippen LogP contribution in [0.4, 0.5) is 0 Å². The largest absolute Gasteiger partial charge is 0.504 e. The average Bonchev–Trinajstić information content (AvgIpc) is 2.27. The average molecular weight is 206 g/mol. The number of phenolic OH excluding ortho intramolecular Hbond substituents is 2. The highest BCUT2D eigenvalue weighted by molar-refractivity contribution is 5.90. The number of aromatic nitrogens is 1. The third kappa shape index (κ3) is 2.01. The molecule has 1 heterocycles. The van der Waals surface area contributed by atoms with Crippen molar-refractivity contribution in [2.45, 2.75) is 20.8 Å². The Bertz CT molecular complexity index is 466. The van der Waals surface area contributed by atoms with E-state index in [1.165, 1.54) is 6.07 Å². The van der Waals surface area contributed by atoms with Crippen LogP contribution in [0.2, 0.25) is 0 Å². The Labute approximate surface area is 89.0 Å². The first kappa shape index (κ1) is 11.3. The molecule has 3 N–H and O–H groups in total. The number of hydrogen-bond acceptors (Lipinski definition) is 2. The summed E-state index contributed by atoms with van der Waals surface area (Å²) < 4.78 is 0. The lowest BCUT2D eigenvalue weighted by Gasteiger charge is -2.01. The predicted molar refractivity (Wildman–Crippen MR) is 59.9 cm³/mol. The summed E-state index contributed by atoms with van der Waals surface area (Å²) in [6, 6.07) is 4.99. The molecule has 0 atom stereocenters. The fourth-order valence-electron chi connectivity index (χ4n) is 1.42. The van der Waals surface area contributed by atoms with E-state index in [0.717, 1.165) is 11.1 Å². The third-order valence-corrected chi connectivity index (χ3v) is 2.15. The van der Waals surface area contributed by atoms with Crippen LogP contribution >= 0.6 is 0 Å². The first-order valence-corrected chi connectivity index (χ1v) is 5.02. The molecule has 0 saturated heterocycles. The molecule has 0 saturated carbocycles. The van der Waals surface area contributed by atoms with E-state index in [1.807, 2.05) is 20.8 Å². The van der Waals surface area contributed by atoms with E-state index in [1.54, 1.807) is 18.3 Å². The minimum Gasteiger partial charge on any atom is -0.504 e. The molecule has 1 aromatic heterocycles. The van der Waals surface area contributed by atoms with Gasteiger partial charge in [0, 0.05) is 18.4 Å². The van der Waals surface area contributed by atoms with Crippen LogP contribution in [0, 0.1) is 6.92 Å². The van der Waals surface area contributed by atoms with E-state index >= 15 is 0 Å². The second-order valence-corrected chi connectivity index (χ2v) is 3.00. The molecule has 0 spiro atoms. The number of benzene rings is 1. The summed E-state index contributed by atoms with van der Waals surface area (Å²) in [5.41, 5.74) is 0.966. The minimum atomic E-state index is -0.0851. The van der Waals surface area contributed by atoms with Gasteiger partial charge in [-0.05, 0) is 12.1 Å². The number of pyridine rings is 1. The number of hydrogen-bond donors (Lipinski definition) is 2. The molecular weight excluding hydrogens is 190 g/mol. The summed E-state index contributed by atoms with van der Waals surface area (Å²) in [6.45, 7) is 5.92. The van der Waals surface area contributed by atoms with Crippen LogP contribution in [0.3, 0.4) is 0 Å². The number of aryl methyl sites for hydroxylation is 1. The third-order valence-electron chi connectivity index (χ3n) is 2.15. The normalized spacial score (nSPS) is 9.53. The highest BCUT2D eigenvalue weighted by atomic mass is 16.3. The Morgan fingerprint density at radius 2 is 1.67 bits per heavy atom. The number of H-pyrrole nitrogens is 1. The molecule has 1 aromatic carbocycles. The Hall–Kier alpha value is -1.77. The zero-order valence-corrected chi connectivity index (χ0v) is 9.20. The van der Waals surface area contributed by atoms with Crippen molar-refractivity contribution in [2.24, 2.45) is 0 Å². The number of fused-ring (bicyclic) bond motifs is 1. The quantitative estimate of drug-likeness (QED) is 0.650. The first-order chi connectivity index (χ1) is 7.20. The predicted octanol–water partition coefficient (Wildman–Crippen LogP) is 2.40. The van der Waals surface area contributed by atoms with Gasteiger partial charge in [-0.3, -0.25) is 0 Å². The van der Waals surface area contributed by atoms with Gasteiger partial charge in [0.05, 0.1) is 5.39 Å². The lowest BCUT2D eigenvalue weighted by Crippen LogP contribution is -2.05. The summed E-state index contributed by atoms with van der Waals surface area (Å²) in [7, 11) is 0. The molecule has 0 amide bonds. The molecule has 2 rings (SSSR count). The number of nitrogens with one attached hydrogen (secondary N) is 1. The van der Waals surface area contributed by atoms with Crippen molar-refractivity contribution in [3.05, 3.63) is 30.1 Å². The second kappa shape index (κ2) is 4.64. The van der Waals surface area contributed by atoms with Gasteiger partial charge < -0.3 is 10.2 Å². The molecular formula is C12H16NO2+. The number of rotatable bonds is 0. The van der Waals surface area contributed by atoms with Gasteiger partial charge in [-0.1, -0.05) is 13.8 Å². The number of aromatic hydroxyl groups is 2. The maximum Gasteiger partial charge on any atom is 0.184 e. The van der Waals surface area contributed by atoms with Gasteiger partial charge in [0.1, 0.15) is 0 Å². The zero-order valence-electron chi connectivity index (χ0n) is 9.20. The van der Waals surface area contributed by atoms with Crippen LogP contribution in [-0.4, -0.2) is 10.2 Å². The van der Waals surface area contributed by atoms with E-state index in [0.29, 0.717) is 5.39 Å². The van der Waals surface area contributed by atoms with Gasteiger partial charge in [0.25, 0.3) is 0 Å². The van der Waals surface area contributed by atoms with E-state index in [2.05, 4.69) is 4.98 Å². The monoisotopic (exact) mass is 206 g/mol. The maximum atomic E-state index is 9.52. The Balaban J connectivity index is 0.000000531. The Morgan fingerprint density at radius 1 is 1.00 bits per heavy atom. The summed E-state index contributed by atoms with van der Waals surface area (Å²) in [4.78, 5) is 3.03. The van der Waals surface area contributed by atoms with Crippen molar-refractivity contribution in [3.63, 3.8) is 0 Å². The summed E-state index contributed by atoms with van der Waals surface area (Å²) in [5.74, 6) is -0.146. The molecule has 2 aromatic rings. The molecule has 3 nitrogen and oxygen atoms in total. The standard InChI is InChI=1S/C10H9NO2.C2H6/c1-6-7-2-3-9(12)10(13)8(7)4-5-11-6;1-2/h2-5,12-13H,1H3;1-2H3/p+1. The molecule has 0 unspecified atom stereocenters. The molecule has 3 heteroatoms. The highest BCUT2D eigenvalue weighted by Gasteiger charge is 2.09. The van der Waals surface area contributed by atoms with Gasteiger partial charge in [0.15, 0.2) is 23.4 Å². The van der Waals surface area contributed by atoms with Crippen LogP contribution in [0.5, 0.6) is 11.5 Å². The fraction of sp³-hybridized carbons (Fsp3) is 0.250. The smallest absolute Gasteiger partial charge is 0.184 e. The molecule has 0 bridgehead atoms. The molecule has 80 valence electrons. The van der Waals surface area contributed by atoms with E-state index in [9.17, 15) is 10.2 Å². The van der Waals surface area contributed by atoms with E-state index < -0.39 is 0 Å². The topological polar surface area (TPSA) is 54.6 Å². The molecule has 0 aliphatic rings. The van der Waals surface area contributed by atoms with Crippen molar-refractivity contribution < 1.29 is 15.2 Å². The summed E-state index contributed by atoms with van der Waals surface area (Å²) >= 11 is 0. The molecule has 0 aliphatic carbocycles. The van der Waals surface area contributed by atoms with E-state index in [4.69, 9.17) is 0 Å². The first-order valence-electron chi connectivity index (χ1n) is 5.02. The maximum absolute atomic E-state index is 9.52. The van der Waals surface area contributed by atoms with Crippen molar-refractivity contribution in [1.29, 1.82) is 0 Å². The van der Waals surface area contributed by atoms with Gasteiger partial charge in [0.2, 0.25) is 0 Å². The molecule has 15 heavy (non-hydrogen) atoms. The van der Waals surface area contributed by atoms with Crippen LogP contribution in [0.15, 0.2) is 24.4 Å². The lowest BCUT2D eigenvalue weighted by molar-refractivity contribution is -0.385. The summed E-state index contributed by atoms with van der Waals surface area (Å²) in [5, 5.41) is 20.3. The van der Waals surface area contributed by atoms with E-state index in [-0.39, 0.29) is 11.5 Å². The van der Waals surface area contributed by atoms with Gasteiger partial charge in [-0.15, -0.1) is 0 Å². The van der Waals surface area contributed by atoms with Gasteiger partial charge >= 0.3 is 0 Å². The number of phenols is 2. The van der Waals surface area contributed by atoms with Gasteiger partial charge in [-0.2, -0.15) is 0 Å². The van der Waals surface area contributed by atoms with Crippen LogP contribution in [0.1, 0.15) is 19.5 Å². The van der Waals surface area contributed by atoms with Gasteiger partial charge in [-0.25, -0.2) is 4.98 Å². The highest BCUT2D eigenvalue weighted by Crippen LogP contribution is 2.33. The van der Waals surface area contributed by atoms with Crippen molar-refractivity contribution >= 4 is 10.8 Å². The zero-order chi connectivity index (χ0) is 11.4. The van der Waals surface area contributed by atoms with Crippen LogP contribution in [0.25, 0.3) is 10.8 Å².